The first-order valence-corrected chi connectivity index (χ1v) is 9.17. The molecule has 2 aliphatic heterocycles. The molecule has 0 N–H and O–H groups in total. The molecule has 2 aliphatic rings. The topological polar surface area (TPSA) is 40.6 Å². The third-order valence-corrected chi connectivity index (χ3v) is 5.31. The highest BCUT2D eigenvalue weighted by molar-refractivity contribution is 7.90. The lowest BCUT2D eigenvalue weighted by Crippen LogP contribution is -2.58. The zero-order chi connectivity index (χ0) is 13.2. The van der Waals surface area contributed by atoms with E-state index in [2.05, 4.69) is 16.7 Å². The van der Waals surface area contributed by atoms with Crippen LogP contribution in [-0.2, 0) is 9.84 Å². The number of hydrogen-bond donors (Lipinski definition) is 0. The molecule has 0 radical (unpaired) electrons. The molecule has 4 nitrogen and oxygen atoms in total. The van der Waals surface area contributed by atoms with Crippen LogP contribution < -0.4 is 0 Å². The smallest absolute Gasteiger partial charge is 0.147 e. The number of sulfone groups is 1. The van der Waals surface area contributed by atoms with E-state index in [4.69, 9.17) is 0 Å². The summed E-state index contributed by atoms with van der Waals surface area (Å²) in [5.74, 6) is 0.324. The van der Waals surface area contributed by atoms with Gasteiger partial charge in [0.1, 0.15) is 9.84 Å². The second-order valence-electron chi connectivity index (χ2n) is 5.97. The number of fused-ring (bicyclic) bond motifs is 1. The maximum absolute atomic E-state index is 11.2. The molecule has 0 aliphatic carbocycles. The molecule has 5 heteroatoms. The Balaban J connectivity index is 1.81. The van der Waals surface area contributed by atoms with Crippen LogP contribution in [0.15, 0.2) is 0 Å². The van der Waals surface area contributed by atoms with Gasteiger partial charge in [-0.25, -0.2) is 8.42 Å². The molecule has 2 rings (SSSR count). The molecule has 0 amide bonds. The predicted octanol–water partition coefficient (Wildman–Crippen LogP) is 0.980. The minimum atomic E-state index is -2.80. The van der Waals surface area contributed by atoms with Crippen LogP contribution in [-0.4, -0.2) is 68.5 Å². The summed E-state index contributed by atoms with van der Waals surface area (Å²) < 4.78 is 22.3. The third-order valence-electron chi connectivity index (χ3n) is 4.28. The molecule has 0 aromatic rings. The molecular formula is C13H26N2O2S. The maximum atomic E-state index is 11.2. The van der Waals surface area contributed by atoms with Crippen molar-refractivity contribution in [2.75, 3.05) is 38.2 Å². The van der Waals surface area contributed by atoms with E-state index in [0.29, 0.717) is 17.8 Å². The van der Waals surface area contributed by atoms with E-state index in [0.717, 1.165) is 26.1 Å². The maximum Gasteiger partial charge on any atom is 0.147 e. The van der Waals surface area contributed by atoms with Gasteiger partial charge in [0, 0.05) is 31.4 Å². The summed E-state index contributed by atoms with van der Waals surface area (Å²) >= 11 is 0. The molecule has 0 spiro atoms. The molecule has 0 bridgehead atoms. The summed E-state index contributed by atoms with van der Waals surface area (Å²) in [5.41, 5.74) is 0. The van der Waals surface area contributed by atoms with Gasteiger partial charge in [0.05, 0.1) is 5.75 Å². The first kappa shape index (κ1) is 14.3. The Morgan fingerprint density at radius 3 is 2.72 bits per heavy atom. The van der Waals surface area contributed by atoms with Gasteiger partial charge in [0.2, 0.25) is 0 Å². The molecule has 2 fully saturated rings. The van der Waals surface area contributed by atoms with Crippen molar-refractivity contribution in [3.8, 4) is 0 Å². The zero-order valence-corrected chi connectivity index (χ0v) is 12.5. The van der Waals surface area contributed by atoms with Crippen molar-refractivity contribution in [2.24, 2.45) is 0 Å². The molecular weight excluding hydrogens is 248 g/mol. The minimum absolute atomic E-state index is 0.324. The normalized spacial score (nSPS) is 31.2. The van der Waals surface area contributed by atoms with Crippen LogP contribution in [0.4, 0.5) is 0 Å². The minimum Gasteiger partial charge on any atom is -0.298 e. The standard InChI is InChI=1S/C13H26N2O2S/c1-12-10-15-7-4-3-6-13(15)11-14(12)8-5-9-18(2,16)17/h12-13H,3-11H2,1-2H3. The van der Waals surface area contributed by atoms with Gasteiger partial charge in [-0.3, -0.25) is 9.80 Å². The summed E-state index contributed by atoms with van der Waals surface area (Å²) in [4.78, 5) is 5.11. The van der Waals surface area contributed by atoms with Crippen LogP contribution in [0.5, 0.6) is 0 Å². The SMILES string of the molecule is CC1CN2CCCCC2CN1CCCS(C)(=O)=O. The Labute approximate surface area is 111 Å². The lowest BCUT2D eigenvalue weighted by molar-refractivity contribution is 0.0156. The summed E-state index contributed by atoms with van der Waals surface area (Å²) in [5, 5.41) is 0. The number of piperidine rings is 1. The lowest BCUT2D eigenvalue weighted by atomic mass is 9.97. The highest BCUT2D eigenvalue weighted by Gasteiger charge is 2.32. The van der Waals surface area contributed by atoms with Crippen LogP contribution in [0.25, 0.3) is 0 Å². The van der Waals surface area contributed by atoms with E-state index in [1.54, 1.807) is 0 Å². The van der Waals surface area contributed by atoms with Crippen molar-refractivity contribution >= 4 is 9.84 Å². The monoisotopic (exact) mass is 274 g/mol. The van der Waals surface area contributed by atoms with Gasteiger partial charge in [0.25, 0.3) is 0 Å². The quantitative estimate of drug-likeness (QED) is 0.766. The zero-order valence-electron chi connectivity index (χ0n) is 11.6. The predicted molar refractivity (Wildman–Crippen MR) is 74.6 cm³/mol. The van der Waals surface area contributed by atoms with Crippen LogP contribution in [0.2, 0.25) is 0 Å². The number of nitrogens with zero attached hydrogens (tertiary/aromatic N) is 2. The van der Waals surface area contributed by atoms with Gasteiger partial charge < -0.3 is 0 Å². The van der Waals surface area contributed by atoms with Crippen molar-refractivity contribution in [1.82, 2.24) is 9.80 Å². The van der Waals surface area contributed by atoms with E-state index in [1.165, 1.54) is 32.1 Å². The fourth-order valence-electron chi connectivity index (χ4n) is 3.25. The fraction of sp³-hybridized carbons (Fsp3) is 1.00. The van der Waals surface area contributed by atoms with Crippen molar-refractivity contribution < 1.29 is 8.42 Å². The first-order chi connectivity index (χ1) is 8.46. The Hall–Kier alpha value is -0.130. The summed E-state index contributed by atoms with van der Waals surface area (Å²) in [6, 6.07) is 1.28. The second kappa shape index (κ2) is 5.88. The lowest BCUT2D eigenvalue weighted by Gasteiger charge is -2.47. The average Bonchev–Trinajstić information content (AvgIpc) is 2.28. The van der Waals surface area contributed by atoms with Gasteiger partial charge in [-0.1, -0.05) is 6.42 Å². The first-order valence-electron chi connectivity index (χ1n) is 7.11. The molecule has 2 unspecified atom stereocenters. The highest BCUT2D eigenvalue weighted by atomic mass is 32.2. The summed E-state index contributed by atoms with van der Waals surface area (Å²) in [7, 11) is -2.80. The molecule has 2 heterocycles. The van der Waals surface area contributed by atoms with Gasteiger partial charge in [-0.05, 0) is 39.3 Å². The van der Waals surface area contributed by atoms with E-state index < -0.39 is 9.84 Å². The van der Waals surface area contributed by atoms with Crippen LogP contribution >= 0.6 is 0 Å². The Morgan fingerprint density at radius 1 is 1.22 bits per heavy atom. The van der Waals surface area contributed by atoms with Gasteiger partial charge in [0.15, 0.2) is 0 Å². The Bertz CT molecular complexity index is 369. The van der Waals surface area contributed by atoms with Crippen LogP contribution in [0.1, 0.15) is 32.6 Å². The fourth-order valence-corrected chi connectivity index (χ4v) is 3.91. The van der Waals surface area contributed by atoms with E-state index >= 15 is 0 Å². The van der Waals surface area contributed by atoms with E-state index in [1.807, 2.05) is 0 Å². The number of hydrogen-bond acceptors (Lipinski definition) is 4. The van der Waals surface area contributed by atoms with Crippen molar-refractivity contribution in [2.45, 2.75) is 44.7 Å². The summed E-state index contributed by atoms with van der Waals surface area (Å²) in [6.45, 7) is 6.74. The molecule has 2 atom stereocenters. The highest BCUT2D eigenvalue weighted by Crippen LogP contribution is 2.23. The van der Waals surface area contributed by atoms with Crippen molar-refractivity contribution in [1.29, 1.82) is 0 Å². The van der Waals surface area contributed by atoms with Gasteiger partial charge >= 0.3 is 0 Å². The van der Waals surface area contributed by atoms with Gasteiger partial charge in [-0.15, -0.1) is 0 Å². The Morgan fingerprint density at radius 2 is 2.00 bits per heavy atom. The largest absolute Gasteiger partial charge is 0.298 e. The molecule has 2 saturated heterocycles. The van der Waals surface area contributed by atoms with Crippen molar-refractivity contribution in [3.63, 3.8) is 0 Å². The average molecular weight is 274 g/mol. The van der Waals surface area contributed by atoms with E-state index in [9.17, 15) is 8.42 Å². The molecule has 106 valence electrons. The van der Waals surface area contributed by atoms with Gasteiger partial charge in [-0.2, -0.15) is 0 Å². The molecule has 0 aromatic carbocycles. The molecule has 18 heavy (non-hydrogen) atoms. The van der Waals surface area contributed by atoms with Crippen LogP contribution in [0.3, 0.4) is 0 Å². The number of rotatable bonds is 4. The second-order valence-corrected chi connectivity index (χ2v) is 8.23. The molecule has 0 saturated carbocycles. The molecule has 0 aromatic heterocycles. The Kier molecular flexibility index (Phi) is 4.67. The van der Waals surface area contributed by atoms with E-state index in [-0.39, 0.29) is 0 Å². The van der Waals surface area contributed by atoms with Crippen molar-refractivity contribution in [3.05, 3.63) is 0 Å². The third kappa shape index (κ3) is 3.93. The number of piperazine rings is 1. The van der Waals surface area contributed by atoms with Crippen LogP contribution in [0, 0.1) is 0 Å². The summed E-state index contributed by atoms with van der Waals surface area (Å²) in [6.07, 6.45) is 6.12.